The van der Waals surface area contributed by atoms with Crippen molar-refractivity contribution >= 4 is 33.8 Å². The van der Waals surface area contributed by atoms with Gasteiger partial charge in [0.15, 0.2) is 5.65 Å². The van der Waals surface area contributed by atoms with E-state index in [4.69, 9.17) is 4.98 Å². The van der Waals surface area contributed by atoms with Crippen molar-refractivity contribution in [1.29, 1.82) is 0 Å². The standard InChI is InChI=1S/C32H44N6O2/c1-23(2)13-20-36(21-14-24(3)4)30(39)25-11-12-27-28(22-25)37(19-9-18-35-16-6-5-7-17-35)32-34-29-26(10-8-15-33-29)31(40)38(27)32/h8,10-12,15,22-24H,5-7,9,13-14,16-21H2,1-4H3. The monoisotopic (exact) mass is 544 g/mol. The fourth-order valence-corrected chi connectivity index (χ4v) is 5.76. The number of carbonyl (C=O) groups excluding carboxylic acids is 1. The average molecular weight is 545 g/mol. The second-order valence-corrected chi connectivity index (χ2v) is 12.2. The molecule has 8 heteroatoms. The van der Waals surface area contributed by atoms with E-state index in [9.17, 15) is 9.59 Å². The topological polar surface area (TPSA) is 75.7 Å². The lowest BCUT2D eigenvalue weighted by Crippen LogP contribution is -2.34. The van der Waals surface area contributed by atoms with Crippen molar-refractivity contribution in [3.63, 3.8) is 0 Å². The highest BCUT2D eigenvalue weighted by Gasteiger charge is 2.21. The quantitative estimate of drug-likeness (QED) is 0.245. The summed E-state index contributed by atoms with van der Waals surface area (Å²) in [5, 5.41) is 0.501. The summed E-state index contributed by atoms with van der Waals surface area (Å²) in [6.45, 7) is 14.3. The Morgan fingerprint density at radius 1 is 0.950 bits per heavy atom. The molecular weight excluding hydrogens is 500 g/mol. The van der Waals surface area contributed by atoms with Crippen LogP contribution in [0.25, 0.3) is 27.8 Å². The van der Waals surface area contributed by atoms with Crippen molar-refractivity contribution in [2.24, 2.45) is 11.8 Å². The Balaban J connectivity index is 1.56. The van der Waals surface area contributed by atoms with Crippen molar-refractivity contribution in [2.75, 3.05) is 32.7 Å². The number of hydrogen-bond donors (Lipinski definition) is 0. The molecule has 1 saturated heterocycles. The summed E-state index contributed by atoms with van der Waals surface area (Å²) in [6.07, 6.45) is 8.41. The highest BCUT2D eigenvalue weighted by atomic mass is 16.2. The first-order valence-corrected chi connectivity index (χ1v) is 15.1. The molecule has 40 heavy (non-hydrogen) atoms. The van der Waals surface area contributed by atoms with E-state index in [1.165, 1.54) is 19.3 Å². The number of pyridine rings is 1. The highest BCUT2D eigenvalue weighted by Crippen LogP contribution is 2.24. The second kappa shape index (κ2) is 12.5. The van der Waals surface area contributed by atoms with Crippen molar-refractivity contribution in [2.45, 2.75) is 72.8 Å². The van der Waals surface area contributed by atoms with Crippen LogP contribution in [-0.2, 0) is 6.54 Å². The number of aryl methyl sites for hydroxylation is 1. The molecule has 8 nitrogen and oxygen atoms in total. The molecule has 214 valence electrons. The van der Waals surface area contributed by atoms with E-state index in [0.717, 1.165) is 69.6 Å². The summed E-state index contributed by atoms with van der Waals surface area (Å²) in [7, 11) is 0. The number of likely N-dealkylation sites (tertiary alicyclic amines) is 1. The number of fused-ring (bicyclic) bond motifs is 4. The van der Waals surface area contributed by atoms with E-state index in [1.807, 2.05) is 23.1 Å². The minimum atomic E-state index is -0.123. The van der Waals surface area contributed by atoms with Crippen LogP contribution in [0.15, 0.2) is 41.3 Å². The Labute approximate surface area is 237 Å². The predicted molar refractivity (Wildman–Crippen MR) is 162 cm³/mol. The number of imidazole rings is 1. The van der Waals surface area contributed by atoms with Gasteiger partial charge in [-0.1, -0.05) is 34.1 Å². The number of aromatic nitrogens is 4. The van der Waals surface area contributed by atoms with Crippen LogP contribution in [0.4, 0.5) is 0 Å². The van der Waals surface area contributed by atoms with Crippen molar-refractivity contribution in [3.05, 3.63) is 52.4 Å². The van der Waals surface area contributed by atoms with Crippen LogP contribution in [0.5, 0.6) is 0 Å². The number of benzene rings is 1. The Hall–Kier alpha value is -3.26. The summed E-state index contributed by atoms with van der Waals surface area (Å²) < 4.78 is 3.82. The molecule has 1 fully saturated rings. The normalized spacial score (nSPS) is 14.8. The summed E-state index contributed by atoms with van der Waals surface area (Å²) in [4.78, 5) is 41.3. The summed E-state index contributed by atoms with van der Waals surface area (Å²) >= 11 is 0. The highest BCUT2D eigenvalue weighted by molar-refractivity contribution is 5.98. The molecule has 0 unspecified atom stereocenters. The molecule has 0 radical (unpaired) electrons. The van der Waals surface area contributed by atoms with Gasteiger partial charge in [-0.15, -0.1) is 0 Å². The largest absolute Gasteiger partial charge is 0.339 e. The van der Waals surface area contributed by atoms with Gasteiger partial charge in [0.05, 0.1) is 16.4 Å². The van der Waals surface area contributed by atoms with Gasteiger partial charge in [-0.25, -0.2) is 9.38 Å². The molecule has 5 rings (SSSR count). The van der Waals surface area contributed by atoms with Crippen LogP contribution in [0.1, 0.15) is 76.6 Å². The molecule has 3 aromatic heterocycles. The molecule has 1 aliphatic heterocycles. The van der Waals surface area contributed by atoms with Gasteiger partial charge in [0, 0.05) is 31.4 Å². The predicted octanol–water partition coefficient (Wildman–Crippen LogP) is 5.61. The lowest BCUT2D eigenvalue weighted by Gasteiger charge is -2.26. The first-order valence-electron chi connectivity index (χ1n) is 15.1. The minimum absolute atomic E-state index is 0.0560. The smallest absolute Gasteiger partial charge is 0.269 e. The van der Waals surface area contributed by atoms with E-state index in [0.29, 0.717) is 34.2 Å². The maximum atomic E-state index is 13.8. The first-order chi connectivity index (χ1) is 19.3. The average Bonchev–Trinajstić information content (AvgIpc) is 3.26. The molecule has 0 bridgehead atoms. The second-order valence-electron chi connectivity index (χ2n) is 12.2. The molecule has 4 heterocycles. The van der Waals surface area contributed by atoms with Crippen LogP contribution in [0, 0.1) is 11.8 Å². The Bertz CT molecular complexity index is 1520. The zero-order chi connectivity index (χ0) is 28.2. The van der Waals surface area contributed by atoms with E-state index in [2.05, 4.69) is 42.1 Å². The van der Waals surface area contributed by atoms with E-state index in [-0.39, 0.29) is 11.5 Å². The Morgan fingerprint density at radius 3 is 2.38 bits per heavy atom. The van der Waals surface area contributed by atoms with Crippen LogP contribution in [0.2, 0.25) is 0 Å². The van der Waals surface area contributed by atoms with Crippen molar-refractivity contribution in [3.8, 4) is 0 Å². The van der Waals surface area contributed by atoms with Crippen molar-refractivity contribution < 1.29 is 4.79 Å². The third-order valence-electron chi connectivity index (χ3n) is 8.17. The van der Waals surface area contributed by atoms with Gasteiger partial charge in [0.25, 0.3) is 11.5 Å². The van der Waals surface area contributed by atoms with Gasteiger partial charge < -0.3 is 14.4 Å². The van der Waals surface area contributed by atoms with E-state index >= 15 is 0 Å². The van der Waals surface area contributed by atoms with Gasteiger partial charge in [0.1, 0.15) is 0 Å². The van der Waals surface area contributed by atoms with Crippen LogP contribution >= 0.6 is 0 Å². The fraction of sp³-hybridized carbons (Fsp3) is 0.562. The molecule has 0 N–H and O–H groups in total. The maximum absolute atomic E-state index is 13.8. The third kappa shape index (κ3) is 6.07. The third-order valence-corrected chi connectivity index (χ3v) is 8.17. The molecule has 1 amide bonds. The fourth-order valence-electron chi connectivity index (χ4n) is 5.76. The van der Waals surface area contributed by atoms with Gasteiger partial charge >= 0.3 is 0 Å². The molecule has 0 atom stereocenters. The number of nitrogens with zero attached hydrogens (tertiary/aromatic N) is 6. The number of piperidine rings is 1. The van der Waals surface area contributed by atoms with E-state index in [1.54, 1.807) is 22.7 Å². The van der Waals surface area contributed by atoms with Crippen LogP contribution in [0.3, 0.4) is 0 Å². The molecule has 1 aliphatic rings. The molecule has 0 aliphatic carbocycles. The van der Waals surface area contributed by atoms with Crippen LogP contribution < -0.4 is 5.56 Å². The van der Waals surface area contributed by atoms with E-state index < -0.39 is 0 Å². The van der Waals surface area contributed by atoms with Gasteiger partial charge in [-0.3, -0.25) is 9.59 Å². The van der Waals surface area contributed by atoms with Gasteiger partial charge in [0.2, 0.25) is 5.78 Å². The van der Waals surface area contributed by atoms with Gasteiger partial charge in [-0.05, 0) is 93.9 Å². The summed E-state index contributed by atoms with van der Waals surface area (Å²) in [5.74, 6) is 1.70. The summed E-state index contributed by atoms with van der Waals surface area (Å²) in [6, 6.07) is 9.32. The number of rotatable bonds is 11. The minimum Gasteiger partial charge on any atom is -0.339 e. The zero-order valence-electron chi connectivity index (χ0n) is 24.6. The molecule has 0 saturated carbocycles. The SMILES string of the molecule is CC(C)CCN(CCC(C)C)C(=O)c1ccc2c(c1)n(CCCN1CCCCC1)c1nc3ncccc3c(=O)n21. The first kappa shape index (κ1) is 28.3. The number of carbonyl (C=O) groups is 1. The van der Waals surface area contributed by atoms with Crippen molar-refractivity contribution in [1.82, 2.24) is 28.7 Å². The molecule has 1 aromatic carbocycles. The van der Waals surface area contributed by atoms with Gasteiger partial charge in [-0.2, -0.15) is 4.98 Å². The Kier molecular flexibility index (Phi) is 8.84. The molecular formula is C32H44N6O2. The molecule has 4 aromatic rings. The number of amides is 1. The number of hydrogen-bond acceptors (Lipinski definition) is 5. The molecule has 0 spiro atoms. The zero-order valence-corrected chi connectivity index (χ0v) is 24.6. The summed E-state index contributed by atoms with van der Waals surface area (Å²) in [5.41, 5.74) is 2.65. The Morgan fingerprint density at radius 2 is 1.68 bits per heavy atom. The van der Waals surface area contributed by atoms with Crippen LogP contribution in [-0.4, -0.2) is 67.4 Å². The lowest BCUT2D eigenvalue weighted by atomic mass is 10.1. The lowest BCUT2D eigenvalue weighted by molar-refractivity contribution is 0.0741. The maximum Gasteiger partial charge on any atom is 0.269 e.